The second-order valence-corrected chi connectivity index (χ2v) is 7.77. The highest BCUT2D eigenvalue weighted by molar-refractivity contribution is 7.17. The molecule has 27 heavy (non-hydrogen) atoms. The minimum absolute atomic E-state index is 0.0605. The fourth-order valence-corrected chi connectivity index (χ4v) is 4.48. The molecule has 0 unspecified atom stereocenters. The van der Waals surface area contributed by atoms with Crippen molar-refractivity contribution in [2.45, 2.75) is 25.5 Å². The van der Waals surface area contributed by atoms with Crippen LogP contribution in [0, 0.1) is 0 Å². The van der Waals surface area contributed by atoms with Crippen LogP contribution in [0.25, 0.3) is 10.2 Å². The van der Waals surface area contributed by atoms with E-state index in [1.807, 2.05) is 24.3 Å². The van der Waals surface area contributed by atoms with Crippen LogP contribution >= 0.6 is 11.3 Å². The quantitative estimate of drug-likeness (QED) is 0.733. The molecule has 1 aromatic carbocycles. The molecule has 2 aliphatic heterocycles. The van der Waals surface area contributed by atoms with Gasteiger partial charge in [-0.3, -0.25) is 4.79 Å². The molecule has 0 saturated carbocycles. The number of fused-ring (bicyclic) bond motifs is 2. The zero-order chi connectivity index (χ0) is 18.2. The Bertz CT molecular complexity index is 987. The zero-order valence-corrected chi connectivity index (χ0v) is 15.6. The van der Waals surface area contributed by atoms with Gasteiger partial charge in [-0.1, -0.05) is 6.07 Å². The molecule has 1 amide bonds. The molecule has 1 saturated heterocycles. The number of carbonyl (C=O) groups excluding carboxylic acids is 1. The largest absolute Gasteiger partial charge is 0.454 e. The highest BCUT2D eigenvalue weighted by Crippen LogP contribution is 2.33. The molecule has 3 aromatic rings. The van der Waals surface area contributed by atoms with Gasteiger partial charge in [0.1, 0.15) is 5.69 Å². The first-order chi connectivity index (χ1) is 13.3. The third-order valence-electron chi connectivity index (χ3n) is 5.05. The molecule has 0 bridgehead atoms. The Kier molecular flexibility index (Phi) is 4.26. The van der Waals surface area contributed by atoms with Crippen molar-refractivity contribution in [3.63, 3.8) is 0 Å². The summed E-state index contributed by atoms with van der Waals surface area (Å²) in [5.41, 5.74) is 2.81. The topological polar surface area (TPSA) is 61.7 Å². The summed E-state index contributed by atoms with van der Waals surface area (Å²) in [5, 5.41) is 5.09. The van der Waals surface area contributed by atoms with E-state index in [0.717, 1.165) is 46.7 Å². The van der Waals surface area contributed by atoms with E-state index >= 15 is 0 Å². The summed E-state index contributed by atoms with van der Waals surface area (Å²) in [6.45, 7) is 2.20. The van der Waals surface area contributed by atoms with E-state index in [0.29, 0.717) is 18.8 Å². The molecular weight excluding hydrogens is 364 g/mol. The number of hydrogen-bond donors (Lipinski definition) is 1. The van der Waals surface area contributed by atoms with E-state index in [-0.39, 0.29) is 18.8 Å². The lowest BCUT2D eigenvalue weighted by atomic mass is 10.2. The van der Waals surface area contributed by atoms with Crippen molar-refractivity contribution in [2.24, 2.45) is 0 Å². The van der Waals surface area contributed by atoms with Gasteiger partial charge in [0.15, 0.2) is 11.5 Å². The fraction of sp³-hybridized carbons (Fsp3) is 0.350. The van der Waals surface area contributed by atoms with Gasteiger partial charge in [0.25, 0.3) is 5.91 Å². The molecule has 0 aliphatic carbocycles. The van der Waals surface area contributed by atoms with E-state index in [1.54, 1.807) is 11.3 Å². The third kappa shape index (κ3) is 3.17. The second kappa shape index (κ2) is 6.90. The minimum Gasteiger partial charge on any atom is -0.454 e. The smallest absolute Gasteiger partial charge is 0.268 e. The Morgan fingerprint density at radius 1 is 1.22 bits per heavy atom. The molecule has 1 N–H and O–H groups in total. The van der Waals surface area contributed by atoms with Crippen molar-refractivity contribution in [1.29, 1.82) is 0 Å². The Hall–Kier alpha value is -2.51. The summed E-state index contributed by atoms with van der Waals surface area (Å²) in [4.78, 5) is 12.8. The summed E-state index contributed by atoms with van der Waals surface area (Å²) >= 11 is 1.64. The molecule has 2 aliphatic rings. The van der Waals surface area contributed by atoms with Crippen molar-refractivity contribution >= 4 is 27.5 Å². The van der Waals surface area contributed by atoms with Crippen LogP contribution in [0.4, 0.5) is 0 Å². The van der Waals surface area contributed by atoms with Crippen molar-refractivity contribution in [3.05, 3.63) is 47.0 Å². The summed E-state index contributed by atoms with van der Waals surface area (Å²) in [6.07, 6.45) is 2.21. The molecule has 6 nitrogen and oxygen atoms in total. The second-order valence-electron chi connectivity index (χ2n) is 6.82. The van der Waals surface area contributed by atoms with Crippen LogP contribution in [0.1, 0.15) is 28.9 Å². The molecule has 2 aromatic heterocycles. The lowest BCUT2D eigenvalue weighted by Gasteiger charge is -2.13. The van der Waals surface area contributed by atoms with Crippen molar-refractivity contribution < 1.29 is 19.0 Å². The van der Waals surface area contributed by atoms with Crippen LogP contribution in [0.15, 0.2) is 35.7 Å². The number of nitrogens with zero attached hydrogens (tertiary/aromatic N) is 1. The maximum Gasteiger partial charge on any atom is 0.268 e. The monoisotopic (exact) mass is 384 g/mol. The predicted octanol–water partition coefficient (Wildman–Crippen LogP) is 3.39. The van der Waals surface area contributed by atoms with Crippen LogP contribution in [0.2, 0.25) is 0 Å². The maximum atomic E-state index is 12.8. The van der Waals surface area contributed by atoms with Gasteiger partial charge in [-0.2, -0.15) is 0 Å². The van der Waals surface area contributed by atoms with Crippen LogP contribution in [0.5, 0.6) is 11.5 Å². The number of nitrogens with one attached hydrogen (secondary N) is 1. The molecule has 1 atom stereocenters. The molecular formula is C20H20N2O4S. The lowest BCUT2D eigenvalue weighted by molar-refractivity contribution is 0.0851. The first kappa shape index (κ1) is 16.6. The molecule has 4 heterocycles. The van der Waals surface area contributed by atoms with Crippen molar-refractivity contribution in [2.75, 3.05) is 19.9 Å². The number of aromatic nitrogens is 1. The third-order valence-corrected chi connectivity index (χ3v) is 5.90. The average Bonchev–Trinajstić information content (AvgIpc) is 3.45. The minimum atomic E-state index is -0.0605. The van der Waals surface area contributed by atoms with E-state index in [4.69, 9.17) is 14.2 Å². The highest BCUT2D eigenvalue weighted by Gasteiger charge is 2.21. The summed E-state index contributed by atoms with van der Waals surface area (Å²) < 4.78 is 19.6. The molecule has 1 fully saturated rings. The van der Waals surface area contributed by atoms with Crippen LogP contribution < -0.4 is 14.8 Å². The standard InChI is InChI=1S/C20H20N2O4S/c23-20(21-10-14-2-1-6-24-14)16-9-19-15(5-7-27-19)22(16)11-13-3-4-17-18(8-13)26-12-25-17/h3-5,7-9,14H,1-2,6,10-12H2,(H,21,23)/t14-/m1/s1. The molecule has 0 radical (unpaired) electrons. The van der Waals surface area contributed by atoms with Gasteiger partial charge in [-0.25, -0.2) is 0 Å². The Balaban J connectivity index is 1.41. The van der Waals surface area contributed by atoms with Crippen LogP contribution in [0.3, 0.4) is 0 Å². The molecule has 7 heteroatoms. The van der Waals surface area contributed by atoms with Gasteiger partial charge in [0.05, 0.1) is 16.3 Å². The molecule has 5 rings (SSSR count). The number of amides is 1. The average molecular weight is 384 g/mol. The summed E-state index contributed by atoms with van der Waals surface area (Å²) in [6, 6.07) is 9.94. The van der Waals surface area contributed by atoms with Gasteiger partial charge < -0.3 is 24.1 Å². The lowest BCUT2D eigenvalue weighted by Crippen LogP contribution is -2.33. The van der Waals surface area contributed by atoms with E-state index in [9.17, 15) is 4.79 Å². The first-order valence-electron chi connectivity index (χ1n) is 9.13. The number of carbonyl (C=O) groups is 1. The maximum absolute atomic E-state index is 12.8. The van der Waals surface area contributed by atoms with E-state index in [2.05, 4.69) is 21.3 Å². The molecule has 0 spiro atoms. The van der Waals surface area contributed by atoms with Crippen molar-refractivity contribution in [1.82, 2.24) is 9.88 Å². The number of hydrogen-bond acceptors (Lipinski definition) is 5. The van der Waals surface area contributed by atoms with Gasteiger partial charge >= 0.3 is 0 Å². The van der Waals surface area contributed by atoms with E-state index < -0.39 is 0 Å². The highest BCUT2D eigenvalue weighted by atomic mass is 32.1. The Labute approximate surface area is 160 Å². The number of thiophene rings is 1. The SMILES string of the molecule is O=C(NC[C@H]1CCCO1)c1cc2sccc2n1Cc1ccc2c(c1)OCO2. The zero-order valence-electron chi connectivity index (χ0n) is 14.8. The van der Waals surface area contributed by atoms with Gasteiger partial charge in [0, 0.05) is 19.7 Å². The van der Waals surface area contributed by atoms with Gasteiger partial charge in [-0.15, -0.1) is 11.3 Å². The number of rotatable bonds is 5. The number of ether oxygens (including phenoxy) is 3. The van der Waals surface area contributed by atoms with Crippen LogP contribution in [-0.2, 0) is 11.3 Å². The van der Waals surface area contributed by atoms with Crippen LogP contribution in [-0.4, -0.2) is 36.5 Å². The van der Waals surface area contributed by atoms with E-state index in [1.165, 1.54) is 0 Å². The Morgan fingerprint density at radius 2 is 2.15 bits per heavy atom. The summed E-state index contributed by atoms with van der Waals surface area (Å²) in [7, 11) is 0. The first-order valence-corrected chi connectivity index (χ1v) is 10.0. The Morgan fingerprint density at radius 3 is 3.04 bits per heavy atom. The normalized spacial score (nSPS) is 18.3. The van der Waals surface area contributed by atoms with Crippen molar-refractivity contribution in [3.8, 4) is 11.5 Å². The number of benzene rings is 1. The summed E-state index contributed by atoms with van der Waals surface area (Å²) in [5.74, 6) is 1.46. The predicted molar refractivity (Wildman–Crippen MR) is 103 cm³/mol. The van der Waals surface area contributed by atoms with Gasteiger partial charge in [-0.05, 0) is 48.1 Å². The fourth-order valence-electron chi connectivity index (χ4n) is 3.66. The molecule has 140 valence electrons. The van der Waals surface area contributed by atoms with Gasteiger partial charge in [0.2, 0.25) is 6.79 Å².